The summed E-state index contributed by atoms with van der Waals surface area (Å²) in [6.07, 6.45) is 2.23. The molecular formula is C21H28O5. The third-order valence-corrected chi connectivity index (χ3v) is 4.40. The lowest BCUT2D eigenvalue weighted by Crippen LogP contribution is -2.09. The fourth-order valence-corrected chi connectivity index (χ4v) is 2.76. The van der Waals surface area contributed by atoms with Gasteiger partial charge in [-0.05, 0) is 43.5 Å². The van der Waals surface area contributed by atoms with Gasteiger partial charge in [0.2, 0.25) is 11.5 Å². The zero-order valence-corrected chi connectivity index (χ0v) is 16.5. The fourth-order valence-electron chi connectivity index (χ4n) is 2.76. The van der Waals surface area contributed by atoms with E-state index < -0.39 is 0 Å². The van der Waals surface area contributed by atoms with Gasteiger partial charge in [-0.3, -0.25) is 4.79 Å². The van der Waals surface area contributed by atoms with Crippen LogP contribution in [0.15, 0.2) is 12.1 Å². The van der Waals surface area contributed by atoms with Gasteiger partial charge in [0.25, 0.3) is 0 Å². The minimum Gasteiger partial charge on any atom is -0.490 e. The van der Waals surface area contributed by atoms with Crippen LogP contribution in [0.4, 0.5) is 0 Å². The molecule has 0 aliphatic rings. The zero-order chi connectivity index (χ0) is 19.3. The topological polar surface area (TPSA) is 54.0 Å². The first-order valence-electron chi connectivity index (χ1n) is 9.00. The van der Waals surface area contributed by atoms with Crippen molar-refractivity contribution >= 4 is 16.7 Å². The maximum Gasteiger partial charge on any atom is 0.311 e. The minimum absolute atomic E-state index is 0.270. The Morgan fingerprint density at radius 3 is 1.92 bits per heavy atom. The maximum atomic E-state index is 12.0. The van der Waals surface area contributed by atoms with Crippen LogP contribution in [0.2, 0.25) is 0 Å². The summed E-state index contributed by atoms with van der Waals surface area (Å²) in [4.78, 5) is 12.0. The molecule has 2 aromatic carbocycles. The number of hydrogen-bond acceptors (Lipinski definition) is 5. The van der Waals surface area contributed by atoms with Crippen molar-refractivity contribution in [3.05, 3.63) is 23.3 Å². The van der Waals surface area contributed by atoms with Crippen LogP contribution in [0.1, 0.15) is 44.2 Å². The Labute approximate surface area is 155 Å². The molecule has 26 heavy (non-hydrogen) atoms. The average molecular weight is 360 g/mol. The third kappa shape index (κ3) is 3.87. The van der Waals surface area contributed by atoms with Gasteiger partial charge in [0.1, 0.15) is 0 Å². The number of unbranched alkanes of at least 4 members (excludes halogenated alkanes) is 1. The molecule has 0 fully saturated rings. The molecule has 0 unspecified atom stereocenters. The van der Waals surface area contributed by atoms with Crippen LogP contribution >= 0.6 is 0 Å². The number of methoxy groups -OCH3 is 2. The van der Waals surface area contributed by atoms with E-state index in [2.05, 4.69) is 6.92 Å². The molecule has 0 aliphatic carbocycles. The summed E-state index contributed by atoms with van der Waals surface area (Å²) in [6, 6.07) is 4.04. The van der Waals surface area contributed by atoms with E-state index in [0.29, 0.717) is 29.6 Å². The number of ether oxygens (including phenoxy) is 4. The molecule has 0 heterocycles. The van der Waals surface area contributed by atoms with Gasteiger partial charge in [0, 0.05) is 17.2 Å². The number of hydrogen-bond donors (Lipinski definition) is 0. The second-order valence-electron chi connectivity index (χ2n) is 6.24. The normalized spacial score (nSPS) is 10.7. The Morgan fingerprint density at radius 1 is 0.885 bits per heavy atom. The molecule has 0 amide bonds. The van der Waals surface area contributed by atoms with E-state index in [4.69, 9.17) is 18.9 Å². The van der Waals surface area contributed by atoms with Crippen molar-refractivity contribution in [2.24, 2.45) is 0 Å². The Morgan fingerprint density at radius 2 is 1.42 bits per heavy atom. The van der Waals surface area contributed by atoms with E-state index in [9.17, 15) is 4.79 Å². The van der Waals surface area contributed by atoms with Gasteiger partial charge in [-0.1, -0.05) is 20.3 Å². The summed E-state index contributed by atoms with van der Waals surface area (Å²) in [6.45, 7) is 8.51. The van der Waals surface area contributed by atoms with Crippen LogP contribution in [-0.4, -0.2) is 26.8 Å². The van der Waals surface area contributed by atoms with Crippen molar-refractivity contribution in [1.29, 1.82) is 0 Å². The summed E-state index contributed by atoms with van der Waals surface area (Å²) in [5, 5.41) is 1.62. The second-order valence-corrected chi connectivity index (χ2v) is 6.24. The number of carbonyl (C=O) groups is 1. The summed E-state index contributed by atoms with van der Waals surface area (Å²) >= 11 is 0. The number of rotatable bonds is 8. The standard InChI is InChI=1S/C21H28O5/c1-7-9-10-25-18-15-11-13(3)14(4)12-16(15)19(26-17(22)8-2)21(24-6)20(18)23-5/h11-12H,7-10H2,1-6H3. The van der Waals surface area contributed by atoms with Crippen LogP contribution in [0.3, 0.4) is 0 Å². The number of fused-ring (bicyclic) bond motifs is 1. The Kier molecular flexibility index (Phi) is 6.72. The highest BCUT2D eigenvalue weighted by atomic mass is 16.6. The van der Waals surface area contributed by atoms with Gasteiger partial charge in [0.15, 0.2) is 11.5 Å². The Balaban J connectivity index is 2.81. The monoisotopic (exact) mass is 360 g/mol. The third-order valence-electron chi connectivity index (χ3n) is 4.40. The van der Waals surface area contributed by atoms with Crippen LogP contribution in [0.5, 0.6) is 23.0 Å². The first-order valence-corrected chi connectivity index (χ1v) is 9.00. The second kappa shape index (κ2) is 8.79. The molecule has 0 aliphatic heterocycles. The van der Waals surface area contributed by atoms with E-state index in [-0.39, 0.29) is 12.4 Å². The van der Waals surface area contributed by atoms with Crippen molar-refractivity contribution in [1.82, 2.24) is 0 Å². The predicted molar refractivity (Wildman–Crippen MR) is 103 cm³/mol. The van der Waals surface area contributed by atoms with Crippen LogP contribution in [-0.2, 0) is 4.79 Å². The number of carbonyl (C=O) groups excluding carboxylic acids is 1. The van der Waals surface area contributed by atoms with Crippen molar-refractivity contribution in [2.75, 3.05) is 20.8 Å². The highest BCUT2D eigenvalue weighted by Crippen LogP contribution is 2.51. The van der Waals surface area contributed by atoms with Gasteiger partial charge >= 0.3 is 5.97 Å². The number of esters is 1. The van der Waals surface area contributed by atoms with Gasteiger partial charge in [0.05, 0.1) is 20.8 Å². The average Bonchev–Trinajstić information content (AvgIpc) is 2.64. The van der Waals surface area contributed by atoms with Gasteiger partial charge in [-0.25, -0.2) is 0 Å². The maximum absolute atomic E-state index is 12.0. The lowest BCUT2D eigenvalue weighted by molar-refractivity contribution is -0.134. The molecule has 2 aromatic rings. The van der Waals surface area contributed by atoms with E-state index in [0.717, 1.165) is 34.7 Å². The molecule has 5 nitrogen and oxygen atoms in total. The van der Waals surface area contributed by atoms with Gasteiger partial charge in [-0.2, -0.15) is 0 Å². The number of benzene rings is 2. The largest absolute Gasteiger partial charge is 0.490 e. The lowest BCUT2D eigenvalue weighted by Gasteiger charge is -2.21. The summed E-state index contributed by atoms with van der Waals surface area (Å²) in [5.74, 6) is 1.48. The molecule has 0 atom stereocenters. The first-order chi connectivity index (χ1) is 12.5. The molecule has 0 spiro atoms. The van der Waals surface area contributed by atoms with E-state index in [1.54, 1.807) is 14.0 Å². The predicted octanol–water partition coefficient (Wildman–Crippen LogP) is 4.97. The Hall–Kier alpha value is -2.43. The van der Waals surface area contributed by atoms with E-state index >= 15 is 0 Å². The van der Waals surface area contributed by atoms with Crippen LogP contribution in [0.25, 0.3) is 10.8 Å². The van der Waals surface area contributed by atoms with Crippen molar-refractivity contribution < 1.29 is 23.7 Å². The SMILES string of the molecule is CCCCOc1c(OC)c(OC)c(OC(=O)CC)c2cc(C)c(C)cc12. The van der Waals surface area contributed by atoms with E-state index in [1.807, 2.05) is 26.0 Å². The molecule has 0 radical (unpaired) electrons. The summed E-state index contributed by atoms with van der Waals surface area (Å²) in [7, 11) is 3.09. The molecule has 5 heteroatoms. The van der Waals surface area contributed by atoms with Gasteiger partial charge in [-0.15, -0.1) is 0 Å². The highest BCUT2D eigenvalue weighted by molar-refractivity contribution is 6.01. The van der Waals surface area contributed by atoms with Crippen LogP contribution in [0, 0.1) is 13.8 Å². The van der Waals surface area contributed by atoms with Crippen molar-refractivity contribution in [2.45, 2.75) is 47.0 Å². The summed E-state index contributed by atoms with van der Waals surface area (Å²) < 4.78 is 22.8. The zero-order valence-electron chi connectivity index (χ0n) is 16.5. The molecule has 0 aromatic heterocycles. The Bertz CT molecular complexity index is 795. The van der Waals surface area contributed by atoms with Crippen LogP contribution < -0.4 is 18.9 Å². The highest BCUT2D eigenvalue weighted by Gasteiger charge is 2.25. The molecule has 0 saturated heterocycles. The van der Waals surface area contributed by atoms with E-state index in [1.165, 1.54) is 7.11 Å². The van der Waals surface area contributed by atoms with Crippen molar-refractivity contribution in [3.63, 3.8) is 0 Å². The molecule has 0 N–H and O–H groups in total. The fraction of sp³-hybridized carbons (Fsp3) is 0.476. The summed E-state index contributed by atoms with van der Waals surface area (Å²) in [5.41, 5.74) is 2.22. The first kappa shape index (κ1) is 19.9. The molecule has 0 bridgehead atoms. The smallest absolute Gasteiger partial charge is 0.311 e. The molecule has 0 saturated carbocycles. The van der Waals surface area contributed by atoms with Gasteiger partial charge < -0.3 is 18.9 Å². The quantitative estimate of drug-likeness (QED) is 0.378. The number of aryl methyl sites for hydroxylation is 2. The lowest BCUT2D eigenvalue weighted by atomic mass is 10.00. The molecule has 2 rings (SSSR count). The van der Waals surface area contributed by atoms with Crippen molar-refractivity contribution in [3.8, 4) is 23.0 Å². The molecular weight excluding hydrogens is 332 g/mol. The molecule has 142 valence electrons. The minimum atomic E-state index is -0.329.